The first-order valence-electron chi connectivity index (χ1n) is 48.0. The number of halogens is 4. The molecule has 0 amide bonds. The second kappa shape index (κ2) is 46.8. The van der Waals surface area contributed by atoms with Crippen LogP contribution in [0.4, 0.5) is 43.2 Å². The van der Waals surface area contributed by atoms with E-state index in [1.165, 1.54) is 68.0 Å². The van der Waals surface area contributed by atoms with Gasteiger partial charge in [0.15, 0.2) is 0 Å². The molecular weight excluding hydrogens is 2100 g/mol. The van der Waals surface area contributed by atoms with Crippen LogP contribution in [-0.4, -0.2) is 217 Å². The topological polar surface area (TPSA) is 431 Å². The van der Waals surface area contributed by atoms with Crippen molar-refractivity contribution in [1.82, 2.24) is 71.3 Å². The predicted molar refractivity (Wildman–Crippen MR) is 547 cm³/mol. The van der Waals surface area contributed by atoms with E-state index in [9.17, 15) is 59.7 Å². The van der Waals surface area contributed by atoms with Gasteiger partial charge >= 0.3 is 0 Å². The Balaban J connectivity index is 0.000000121. The van der Waals surface area contributed by atoms with Crippen molar-refractivity contribution >= 4 is 133 Å². The highest BCUT2D eigenvalue weighted by Crippen LogP contribution is 2.50. The van der Waals surface area contributed by atoms with Crippen molar-refractivity contribution in [3.8, 4) is 28.7 Å². The molecule has 10 aliphatic heterocycles. The summed E-state index contributed by atoms with van der Waals surface area (Å²) in [6.07, 6.45) is 19.2. The van der Waals surface area contributed by atoms with Crippen molar-refractivity contribution < 1.29 is 83.3 Å². The fourth-order valence-electron chi connectivity index (χ4n) is 20.4. The van der Waals surface area contributed by atoms with Crippen molar-refractivity contribution in [2.24, 2.45) is 5.92 Å². The summed E-state index contributed by atoms with van der Waals surface area (Å²) in [4.78, 5) is 39.3. The van der Waals surface area contributed by atoms with Gasteiger partial charge in [0.2, 0.25) is 43.7 Å². The average molecular weight is 2200 g/mol. The number of ether oxygens (including phenoxy) is 5. The molecule has 0 aliphatic carbocycles. The van der Waals surface area contributed by atoms with Gasteiger partial charge in [-0.25, -0.2) is 97.7 Å². The molecule has 7 atom stereocenters. The third-order valence-electron chi connectivity index (χ3n) is 27.9. The van der Waals surface area contributed by atoms with E-state index in [2.05, 4.69) is 105 Å². The highest BCUT2D eigenvalue weighted by atomic mass is 32.2. The van der Waals surface area contributed by atoms with Gasteiger partial charge in [-0.05, 0) is 130 Å². The first kappa shape index (κ1) is 105. The second-order valence-corrected chi connectivity index (χ2v) is 49.2. The highest BCUT2D eigenvalue weighted by Gasteiger charge is 2.43. The molecule has 5 N–H and O–H groups in total. The molecule has 5 aromatic heterocycles. The molecule has 51 heteroatoms. The monoisotopic (exact) mass is 2200 g/mol. The van der Waals surface area contributed by atoms with E-state index in [0.717, 1.165) is 232 Å². The summed E-state index contributed by atoms with van der Waals surface area (Å²) >= 11 is 4.88. The van der Waals surface area contributed by atoms with E-state index in [-0.39, 0.29) is 116 Å². The molecule has 0 unspecified atom stereocenters. The molecule has 7 aromatic carbocycles. The zero-order valence-corrected chi connectivity index (χ0v) is 87.6. The Labute approximate surface area is 870 Å². The highest BCUT2D eigenvalue weighted by molar-refractivity contribution is 7.94. The number of sulfonamides is 5. The molecule has 0 bridgehead atoms. The number of nitrogens with zero attached hydrogens (tertiary/aromatic N) is 17. The molecule has 22 rings (SSSR count). The Morgan fingerprint density at radius 2 is 0.619 bits per heavy atom. The standard InChI is InChI=1S/2C22H23FN4O3S2.C18H21N5O3S2.C17H20F2N4O3S2.C17H19N5O3S2/c2*23-16-6-4-15(5-7-16)19-3-1-2-11-27(19)20-10-12-30-21-13-17(8-9-18(20)21)32(28,29)26-22-24-14-25-31-22;1-18(19-2)6-8-23(9-7-18)15-5-10-26-16-11-13(3-4-14(15)16)28(24,25)22-17-20-12-21-27-17;18-16(19)11-3-6-23(7-4-11)14-5-8-26-15-9-12(1-2-13(14)15)28(24,25)22-17-20-10-21-27-17;1-18-12-4-7-22(8-5-12)15-6-9-25-16-10-13(2-3-14(15)16)27(23,24)21-17-19-11-20-26-17/h2*4-9,13-14,19-20H,1-3,10-12H2,(H,24,25,26);3-4,11-12,15H,5-10H2,1H3,(H,20,21,22);1-2,9-11,14,16H,3-8H2,(H,20,21,22);2-3,10-12,15H,4-9H2,(H,19,20,21)/t19-,20+;19-,20-;15-;14-;15-/m00000/s1. The summed E-state index contributed by atoms with van der Waals surface area (Å²) in [6.45, 7) is 25.8. The van der Waals surface area contributed by atoms with Gasteiger partial charge in [0.1, 0.15) is 72.0 Å². The van der Waals surface area contributed by atoms with Crippen LogP contribution in [0.2, 0.25) is 0 Å². The number of rotatable bonds is 23. The zero-order valence-electron chi connectivity index (χ0n) is 79.5. The minimum absolute atomic E-state index is 0.0512. The number of hydrogen-bond acceptors (Lipinski definition) is 35. The lowest BCUT2D eigenvalue weighted by molar-refractivity contribution is 0.0183. The van der Waals surface area contributed by atoms with Crippen LogP contribution in [0.5, 0.6) is 28.7 Å². The summed E-state index contributed by atoms with van der Waals surface area (Å²) in [7, 11) is -18.9. The lowest BCUT2D eigenvalue weighted by Gasteiger charge is -2.43. The van der Waals surface area contributed by atoms with Crippen LogP contribution in [-0.2, 0) is 50.1 Å². The number of hydrogen-bond donors (Lipinski definition) is 5. The van der Waals surface area contributed by atoms with Gasteiger partial charge in [-0.15, -0.1) is 0 Å². The molecule has 0 radical (unpaired) electrons. The van der Waals surface area contributed by atoms with Gasteiger partial charge in [0.05, 0.1) is 57.5 Å². The van der Waals surface area contributed by atoms with Crippen LogP contribution in [0.25, 0.3) is 9.69 Å². The van der Waals surface area contributed by atoms with Gasteiger partial charge in [-0.1, -0.05) is 67.4 Å². The molecule has 37 nitrogen and oxygen atoms in total. The smallest absolute Gasteiger partial charge is 0.263 e. The van der Waals surface area contributed by atoms with Crippen molar-refractivity contribution in [1.29, 1.82) is 0 Å². The van der Waals surface area contributed by atoms with Crippen LogP contribution in [0, 0.1) is 30.7 Å². The normalized spacial score (nSPS) is 21.5. The number of likely N-dealkylation sites (tertiary alicyclic amines) is 5. The Bertz CT molecular complexity index is 7020. The lowest BCUT2D eigenvalue weighted by atomic mass is 9.88. The number of alkyl halides is 2. The minimum Gasteiger partial charge on any atom is -0.493 e. The number of piperidine rings is 5. The summed E-state index contributed by atoms with van der Waals surface area (Å²) in [6, 6.07) is 39.7. The largest absolute Gasteiger partial charge is 0.493 e. The average Bonchev–Trinajstić information content (AvgIpc) is 1.49. The molecule has 12 aromatic rings. The third-order valence-corrected chi connectivity index (χ3v) is 38.1. The van der Waals surface area contributed by atoms with Crippen molar-refractivity contribution in [2.75, 3.05) is 109 Å². The summed E-state index contributed by atoms with van der Waals surface area (Å²) in [5.41, 5.74) is 6.85. The van der Waals surface area contributed by atoms with E-state index in [1.807, 2.05) is 55.5 Å². The van der Waals surface area contributed by atoms with Gasteiger partial charge in [-0.2, -0.15) is 21.9 Å². The van der Waals surface area contributed by atoms with Crippen LogP contribution in [0.15, 0.2) is 196 Å². The van der Waals surface area contributed by atoms with Crippen LogP contribution in [0.3, 0.4) is 0 Å². The molecule has 0 spiro atoms. The van der Waals surface area contributed by atoms with Gasteiger partial charge < -0.3 is 33.4 Å². The van der Waals surface area contributed by atoms with Gasteiger partial charge in [0, 0.05) is 255 Å². The molecule has 0 saturated carbocycles. The van der Waals surface area contributed by atoms with Gasteiger partial charge in [0.25, 0.3) is 50.1 Å². The van der Waals surface area contributed by atoms with Crippen molar-refractivity contribution in [3.05, 3.63) is 245 Å². The maximum atomic E-state index is 13.5. The maximum absolute atomic E-state index is 13.5. The number of nitrogens with one attached hydrogen (secondary N) is 5. The van der Waals surface area contributed by atoms with Gasteiger partial charge in [-0.3, -0.25) is 48.1 Å². The van der Waals surface area contributed by atoms with E-state index < -0.39 is 62.5 Å². The number of anilines is 5. The van der Waals surface area contributed by atoms with Crippen LogP contribution < -0.4 is 47.3 Å². The van der Waals surface area contributed by atoms with E-state index in [1.54, 1.807) is 54.6 Å². The third kappa shape index (κ3) is 25.5. The number of benzene rings is 7. The van der Waals surface area contributed by atoms with Crippen molar-refractivity contribution in [2.45, 2.75) is 201 Å². The maximum Gasteiger partial charge on any atom is 0.263 e. The predicted octanol–water partition coefficient (Wildman–Crippen LogP) is 17.7. The SMILES string of the molecule is O=S(=O)(Nc1ncns1)c1ccc2c(c1)OCC[C@@H]2N1CCC(C(F)F)CC1.O=S(=O)(Nc1ncns1)c1ccc2c(c1)OCC[C@@H]2N1CCCC[C@H]1c1ccc(F)cc1.O=S(=O)(Nc1ncns1)c1ccc2c(c1)OCC[C@H]2N1CCCC[C@H]1c1ccc(F)cc1.[C-]#[N+]C1(C)CCN([C@H]2CCOc3cc(S(=O)(=O)Nc4ncns4)ccc32)CC1.[C-]#[N+]C1CCN([C@H]2CCOc3cc(S(=O)(=O)Nc4ncns4)ccc32)CC1. The number of aromatic nitrogens is 10. The number of fused-ring (bicyclic) bond motifs is 5. The molecule has 5 fully saturated rings. The first-order valence-corrected chi connectivity index (χ1v) is 59.3. The van der Waals surface area contributed by atoms with Crippen LogP contribution >= 0.6 is 57.7 Å². The quantitative estimate of drug-likeness (QED) is 0.0293. The Hall–Kier alpha value is -11.4. The summed E-state index contributed by atoms with van der Waals surface area (Å²) in [5.74, 6) is 1.91. The zero-order chi connectivity index (χ0) is 103. The summed E-state index contributed by atoms with van der Waals surface area (Å²) in [5, 5.41) is 1.09. The molecule has 10 aliphatic rings. The van der Waals surface area contributed by atoms with Crippen LogP contribution in [0.1, 0.15) is 197 Å². The Morgan fingerprint density at radius 3 is 0.884 bits per heavy atom. The molecular formula is C96H106F4N22O15S10. The van der Waals surface area contributed by atoms with E-state index in [0.29, 0.717) is 87.7 Å². The molecule has 147 heavy (non-hydrogen) atoms. The molecule has 5 saturated heterocycles. The second-order valence-electron chi connectivity index (χ2n) is 36.9. The van der Waals surface area contributed by atoms with Crippen molar-refractivity contribution in [3.63, 3.8) is 0 Å². The Morgan fingerprint density at radius 1 is 0.347 bits per heavy atom. The first-order chi connectivity index (χ1) is 70.9. The van der Waals surface area contributed by atoms with E-state index >= 15 is 0 Å². The lowest BCUT2D eigenvalue weighted by Crippen LogP contribution is -2.43. The molecule has 15 heterocycles. The summed E-state index contributed by atoms with van der Waals surface area (Å²) < 4.78 is 239. The fraction of sp³-hybridized carbons (Fsp3) is 0.438. The Kier molecular flexibility index (Phi) is 33.6. The fourth-order valence-corrected chi connectivity index (χ4v) is 28.7. The molecule has 778 valence electrons. The van der Waals surface area contributed by atoms with E-state index in [4.69, 9.17) is 36.8 Å². The minimum atomic E-state index is -3.79.